The summed E-state index contributed by atoms with van der Waals surface area (Å²) in [5.74, 6) is -0.126. The van der Waals surface area contributed by atoms with Crippen molar-refractivity contribution in [2.45, 2.75) is 75.6 Å². The van der Waals surface area contributed by atoms with Crippen molar-refractivity contribution in [1.29, 1.82) is 0 Å². The molecule has 1 saturated carbocycles. The summed E-state index contributed by atoms with van der Waals surface area (Å²) in [6, 6.07) is 14.0. The van der Waals surface area contributed by atoms with Crippen molar-refractivity contribution in [1.82, 2.24) is 10.2 Å². The van der Waals surface area contributed by atoms with Crippen LogP contribution < -0.4 is 5.32 Å². The van der Waals surface area contributed by atoms with E-state index in [9.17, 15) is 22.8 Å². The number of carbonyl (C=O) groups excluding carboxylic acids is 2. The van der Waals surface area contributed by atoms with Gasteiger partial charge in [0.1, 0.15) is 5.54 Å². The van der Waals surface area contributed by atoms with Crippen molar-refractivity contribution >= 4 is 11.8 Å². The largest absolute Gasteiger partial charge is 0.416 e. The number of likely N-dealkylation sites (tertiary alicyclic amines) is 1. The van der Waals surface area contributed by atoms with Crippen molar-refractivity contribution in [3.8, 4) is 0 Å². The lowest BCUT2D eigenvalue weighted by Gasteiger charge is -2.49. The van der Waals surface area contributed by atoms with Crippen molar-refractivity contribution < 1.29 is 27.5 Å². The number of alkyl halides is 3. The highest BCUT2D eigenvalue weighted by atomic mass is 19.4. The Bertz CT molecular complexity index is 1120. The molecule has 2 fully saturated rings. The van der Waals surface area contributed by atoms with Crippen LogP contribution in [0.25, 0.3) is 0 Å². The van der Waals surface area contributed by atoms with E-state index in [0.29, 0.717) is 56.4 Å². The third-order valence-corrected chi connectivity index (χ3v) is 8.17. The van der Waals surface area contributed by atoms with Crippen LogP contribution >= 0.6 is 0 Å². The average molecular weight is 517 g/mol. The van der Waals surface area contributed by atoms with Gasteiger partial charge >= 0.3 is 6.18 Å². The first-order valence-corrected chi connectivity index (χ1v) is 12.9. The van der Waals surface area contributed by atoms with E-state index >= 15 is 0 Å². The molecular formula is C29H35F3N2O3. The zero-order chi connectivity index (χ0) is 26.8. The maximum atomic E-state index is 13.4. The molecule has 8 heteroatoms. The van der Waals surface area contributed by atoms with E-state index in [1.165, 1.54) is 0 Å². The number of aryl methyl sites for hydroxylation is 1. The number of carbonyl (C=O) groups is 2. The fourth-order valence-electron chi connectivity index (χ4n) is 6.00. The van der Waals surface area contributed by atoms with Crippen LogP contribution in [0.4, 0.5) is 13.2 Å². The van der Waals surface area contributed by atoms with Crippen LogP contribution in [0.5, 0.6) is 0 Å². The predicted molar refractivity (Wildman–Crippen MR) is 135 cm³/mol. The van der Waals surface area contributed by atoms with Gasteiger partial charge in [-0.15, -0.1) is 0 Å². The molecule has 1 N–H and O–H groups in total. The van der Waals surface area contributed by atoms with Crippen LogP contribution in [0.1, 0.15) is 73.8 Å². The molecule has 2 amide bonds. The summed E-state index contributed by atoms with van der Waals surface area (Å²) in [5.41, 5.74) is 0.0893. The lowest BCUT2D eigenvalue weighted by molar-refractivity contribution is -0.148. The third kappa shape index (κ3) is 5.40. The summed E-state index contributed by atoms with van der Waals surface area (Å²) < 4.78 is 46.5. The highest BCUT2D eigenvalue weighted by Gasteiger charge is 2.53. The first-order chi connectivity index (χ1) is 17.5. The molecule has 200 valence electrons. The van der Waals surface area contributed by atoms with Gasteiger partial charge in [0.25, 0.3) is 0 Å². The summed E-state index contributed by atoms with van der Waals surface area (Å²) >= 11 is 0. The van der Waals surface area contributed by atoms with Gasteiger partial charge in [0.05, 0.1) is 18.3 Å². The van der Waals surface area contributed by atoms with Gasteiger partial charge in [-0.05, 0) is 69.2 Å². The van der Waals surface area contributed by atoms with Gasteiger partial charge in [0.15, 0.2) is 0 Å². The van der Waals surface area contributed by atoms with Crippen LogP contribution in [0.3, 0.4) is 0 Å². The average Bonchev–Trinajstić information content (AvgIpc) is 3.33. The standard InChI is InChI=1S/C29H35F3N2O3/c1-20-16-22(18-24(17-20)29(30,31)32)21(2)37-19-27(23-8-5-4-6-9-23)11-13-28(14-12-27,26(36)33-3)34-15-7-10-25(34)35/h4-6,8-9,16-18,21H,7,10-15,19H2,1-3H3,(H,33,36)/t21-,27?,28?/m1/s1. The van der Waals surface area contributed by atoms with E-state index in [4.69, 9.17) is 4.74 Å². The fraction of sp³-hybridized carbons (Fsp3) is 0.517. The van der Waals surface area contributed by atoms with E-state index in [1.807, 2.05) is 30.3 Å². The van der Waals surface area contributed by atoms with E-state index in [2.05, 4.69) is 5.32 Å². The number of halogens is 3. The summed E-state index contributed by atoms with van der Waals surface area (Å²) in [7, 11) is 1.60. The van der Waals surface area contributed by atoms with Crippen molar-refractivity contribution in [3.05, 3.63) is 70.8 Å². The topological polar surface area (TPSA) is 58.6 Å². The molecule has 0 unspecified atom stereocenters. The van der Waals surface area contributed by atoms with Crippen LogP contribution in [-0.4, -0.2) is 42.5 Å². The minimum atomic E-state index is -4.43. The Labute approximate surface area is 216 Å². The molecule has 2 aromatic rings. The maximum Gasteiger partial charge on any atom is 0.416 e. The molecule has 2 aromatic carbocycles. The quantitative estimate of drug-likeness (QED) is 0.513. The molecule has 4 rings (SSSR count). The Hall–Kier alpha value is -2.87. The van der Waals surface area contributed by atoms with Gasteiger partial charge in [-0.2, -0.15) is 13.2 Å². The number of nitrogens with one attached hydrogen (secondary N) is 1. The van der Waals surface area contributed by atoms with Gasteiger partial charge in [-0.3, -0.25) is 9.59 Å². The lowest BCUT2D eigenvalue weighted by atomic mass is 9.63. The molecule has 0 spiro atoms. The molecule has 0 bridgehead atoms. The highest BCUT2D eigenvalue weighted by Crippen LogP contribution is 2.47. The maximum absolute atomic E-state index is 13.4. The Morgan fingerprint density at radius 3 is 2.35 bits per heavy atom. The third-order valence-electron chi connectivity index (χ3n) is 8.17. The fourth-order valence-corrected chi connectivity index (χ4v) is 6.00. The van der Waals surface area contributed by atoms with Gasteiger partial charge in [0.2, 0.25) is 11.8 Å². The summed E-state index contributed by atoms with van der Waals surface area (Å²) in [5, 5.41) is 2.78. The smallest absolute Gasteiger partial charge is 0.373 e. The predicted octanol–water partition coefficient (Wildman–Crippen LogP) is 5.71. The molecule has 1 aliphatic carbocycles. The summed E-state index contributed by atoms with van der Waals surface area (Å²) in [4.78, 5) is 27.6. The minimum Gasteiger partial charge on any atom is -0.373 e. The zero-order valence-corrected chi connectivity index (χ0v) is 21.7. The molecule has 1 heterocycles. The molecule has 37 heavy (non-hydrogen) atoms. The van der Waals surface area contributed by atoms with Crippen LogP contribution in [0, 0.1) is 6.92 Å². The Balaban J connectivity index is 1.59. The first-order valence-electron chi connectivity index (χ1n) is 12.9. The van der Waals surface area contributed by atoms with Crippen molar-refractivity contribution in [2.75, 3.05) is 20.2 Å². The molecule has 0 radical (unpaired) electrons. The monoisotopic (exact) mass is 516 g/mol. The van der Waals surface area contributed by atoms with Crippen molar-refractivity contribution in [3.63, 3.8) is 0 Å². The summed E-state index contributed by atoms with van der Waals surface area (Å²) in [6.45, 7) is 4.29. The number of benzene rings is 2. The van der Waals surface area contributed by atoms with E-state index in [0.717, 1.165) is 24.1 Å². The number of amides is 2. The minimum absolute atomic E-state index is 0.0144. The van der Waals surface area contributed by atoms with Crippen molar-refractivity contribution in [2.24, 2.45) is 0 Å². The van der Waals surface area contributed by atoms with E-state index in [-0.39, 0.29) is 11.8 Å². The second-order valence-corrected chi connectivity index (χ2v) is 10.5. The Kier molecular flexibility index (Phi) is 7.70. The molecular weight excluding hydrogens is 481 g/mol. The van der Waals surface area contributed by atoms with Gasteiger partial charge in [0, 0.05) is 25.4 Å². The SMILES string of the molecule is CNC(=O)C1(N2CCCC2=O)CCC(CO[C@H](C)c2cc(C)cc(C(F)(F)F)c2)(c2ccccc2)CC1. The molecule has 5 nitrogen and oxygen atoms in total. The Morgan fingerprint density at radius 1 is 1.11 bits per heavy atom. The molecule has 1 saturated heterocycles. The number of likely N-dealkylation sites (N-methyl/N-ethyl adjacent to an activating group) is 1. The first kappa shape index (κ1) is 27.2. The number of hydrogen-bond acceptors (Lipinski definition) is 3. The van der Waals surface area contributed by atoms with E-state index in [1.54, 1.807) is 31.9 Å². The second-order valence-electron chi connectivity index (χ2n) is 10.5. The van der Waals surface area contributed by atoms with Crippen LogP contribution in [-0.2, 0) is 25.9 Å². The molecule has 1 aliphatic heterocycles. The lowest BCUT2D eigenvalue weighted by Crippen LogP contribution is -2.62. The zero-order valence-electron chi connectivity index (χ0n) is 21.7. The van der Waals surface area contributed by atoms with Crippen LogP contribution in [0.15, 0.2) is 48.5 Å². The molecule has 1 atom stereocenters. The number of nitrogens with zero attached hydrogens (tertiary/aromatic N) is 1. The van der Waals surface area contributed by atoms with Crippen LogP contribution in [0.2, 0.25) is 0 Å². The van der Waals surface area contributed by atoms with Gasteiger partial charge < -0.3 is 15.0 Å². The summed E-state index contributed by atoms with van der Waals surface area (Å²) in [6.07, 6.45) is -1.55. The second kappa shape index (κ2) is 10.5. The molecule has 0 aromatic heterocycles. The number of hydrogen-bond donors (Lipinski definition) is 1. The highest BCUT2D eigenvalue weighted by molar-refractivity contribution is 5.92. The van der Waals surface area contributed by atoms with E-state index < -0.39 is 28.8 Å². The number of rotatable bonds is 7. The van der Waals surface area contributed by atoms with Gasteiger partial charge in [-0.25, -0.2) is 0 Å². The number of ether oxygens (including phenoxy) is 1. The Morgan fingerprint density at radius 2 is 1.78 bits per heavy atom. The normalized spacial score (nSPS) is 25.2. The molecule has 2 aliphatic rings. The van der Waals surface area contributed by atoms with Gasteiger partial charge in [-0.1, -0.05) is 42.0 Å².